The van der Waals surface area contributed by atoms with Crippen molar-refractivity contribution in [3.8, 4) is 0 Å². The predicted molar refractivity (Wildman–Crippen MR) is 124 cm³/mol. The van der Waals surface area contributed by atoms with Gasteiger partial charge in [-0.25, -0.2) is 0 Å². The van der Waals surface area contributed by atoms with E-state index in [4.69, 9.17) is 5.73 Å². The van der Waals surface area contributed by atoms with Gasteiger partial charge >= 0.3 is 0 Å². The third kappa shape index (κ3) is 7.29. The van der Waals surface area contributed by atoms with E-state index in [1.165, 1.54) is 5.56 Å². The van der Waals surface area contributed by atoms with E-state index >= 15 is 0 Å². The van der Waals surface area contributed by atoms with Gasteiger partial charge < -0.3 is 11.1 Å². The van der Waals surface area contributed by atoms with Crippen molar-refractivity contribution < 1.29 is 4.79 Å². The van der Waals surface area contributed by atoms with E-state index in [9.17, 15) is 4.79 Å². The summed E-state index contributed by atoms with van der Waals surface area (Å²) in [6.07, 6.45) is 0.904. The normalized spacial score (nSPS) is 11.7. The van der Waals surface area contributed by atoms with Gasteiger partial charge in [0.25, 0.3) is 0 Å². The summed E-state index contributed by atoms with van der Waals surface area (Å²) < 4.78 is 0. The van der Waals surface area contributed by atoms with Gasteiger partial charge in [-0.2, -0.15) is 0 Å². The van der Waals surface area contributed by atoms with Crippen molar-refractivity contribution in [3.05, 3.63) is 94.2 Å². The van der Waals surface area contributed by atoms with Crippen molar-refractivity contribution in [2.24, 2.45) is 5.73 Å². The quantitative estimate of drug-likeness (QED) is 0.514. The van der Waals surface area contributed by atoms with Crippen molar-refractivity contribution in [1.82, 2.24) is 10.2 Å². The fraction of sp³-hybridized carbons (Fsp3) is 0.261. The highest BCUT2D eigenvalue weighted by atomic mass is 35.5. The Bertz CT molecular complexity index is 828. The summed E-state index contributed by atoms with van der Waals surface area (Å²) in [5, 5.41) is 5.25. The molecule has 3 N–H and O–H groups in total. The molecule has 154 valence electrons. The smallest absolute Gasteiger partial charge is 0.234 e. The SMILES string of the molecule is Cl.NCCN(CCc1ccccc1)CC(=O)NC(c1ccccc1)c1cccs1. The van der Waals surface area contributed by atoms with Crippen LogP contribution in [0.25, 0.3) is 0 Å². The number of nitrogens with one attached hydrogen (secondary N) is 1. The summed E-state index contributed by atoms with van der Waals surface area (Å²) in [6, 6.07) is 24.4. The third-order valence-electron chi connectivity index (χ3n) is 4.64. The first-order valence-corrected chi connectivity index (χ1v) is 10.5. The molecule has 0 aliphatic heterocycles. The van der Waals surface area contributed by atoms with Crippen LogP contribution in [-0.2, 0) is 11.2 Å². The van der Waals surface area contributed by atoms with Crippen LogP contribution in [0, 0.1) is 0 Å². The lowest BCUT2D eigenvalue weighted by Gasteiger charge is -2.24. The molecule has 1 atom stereocenters. The van der Waals surface area contributed by atoms with E-state index in [1.807, 2.05) is 47.8 Å². The van der Waals surface area contributed by atoms with Gasteiger partial charge in [0.1, 0.15) is 0 Å². The minimum Gasteiger partial charge on any atom is -0.343 e. The zero-order valence-corrected chi connectivity index (χ0v) is 18.0. The first-order valence-electron chi connectivity index (χ1n) is 9.60. The maximum Gasteiger partial charge on any atom is 0.234 e. The van der Waals surface area contributed by atoms with Gasteiger partial charge in [0, 0.05) is 24.5 Å². The third-order valence-corrected chi connectivity index (χ3v) is 5.58. The Hall–Kier alpha value is -2.18. The van der Waals surface area contributed by atoms with E-state index < -0.39 is 0 Å². The predicted octanol–water partition coefficient (Wildman–Crippen LogP) is 3.88. The maximum absolute atomic E-state index is 12.8. The number of carbonyl (C=O) groups is 1. The monoisotopic (exact) mass is 429 g/mol. The lowest BCUT2D eigenvalue weighted by molar-refractivity contribution is -0.122. The Morgan fingerprint density at radius 2 is 1.66 bits per heavy atom. The van der Waals surface area contributed by atoms with Crippen LogP contribution in [0.4, 0.5) is 0 Å². The van der Waals surface area contributed by atoms with E-state index in [1.54, 1.807) is 11.3 Å². The molecule has 3 aromatic rings. The molecule has 0 aliphatic carbocycles. The number of thiophene rings is 1. The van der Waals surface area contributed by atoms with Gasteiger partial charge in [0.05, 0.1) is 12.6 Å². The van der Waals surface area contributed by atoms with Crippen LogP contribution in [0.15, 0.2) is 78.2 Å². The van der Waals surface area contributed by atoms with Crippen molar-refractivity contribution in [2.75, 3.05) is 26.2 Å². The van der Waals surface area contributed by atoms with Gasteiger partial charge in [-0.15, -0.1) is 23.7 Å². The molecule has 1 unspecified atom stereocenters. The molecule has 6 heteroatoms. The van der Waals surface area contributed by atoms with Crippen molar-refractivity contribution in [2.45, 2.75) is 12.5 Å². The van der Waals surface area contributed by atoms with E-state index in [-0.39, 0.29) is 24.4 Å². The Labute approximate surface area is 183 Å². The molecule has 29 heavy (non-hydrogen) atoms. The zero-order valence-electron chi connectivity index (χ0n) is 16.4. The Balaban J connectivity index is 0.00000300. The number of nitrogens with two attached hydrogens (primary N) is 1. The Kier molecular flexibility index (Phi) is 9.88. The number of hydrogen-bond acceptors (Lipinski definition) is 4. The van der Waals surface area contributed by atoms with E-state index in [0.29, 0.717) is 19.6 Å². The minimum absolute atomic E-state index is 0. The molecule has 2 aromatic carbocycles. The van der Waals surface area contributed by atoms with Gasteiger partial charge in [-0.05, 0) is 29.0 Å². The standard InChI is InChI=1S/C23H27N3OS.ClH/c24-14-16-26(15-13-19-8-3-1-4-9-19)18-22(27)25-23(21-12-7-17-28-21)20-10-5-2-6-11-20;/h1-12,17,23H,13-16,18,24H2,(H,25,27);1H. The average molecular weight is 430 g/mol. The molecule has 0 fully saturated rings. The molecule has 0 aliphatic rings. The van der Waals surface area contributed by atoms with Crippen LogP contribution in [0.2, 0.25) is 0 Å². The highest BCUT2D eigenvalue weighted by Gasteiger charge is 2.19. The number of carbonyl (C=O) groups excluding carboxylic acids is 1. The van der Waals surface area contributed by atoms with E-state index in [0.717, 1.165) is 23.4 Å². The lowest BCUT2D eigenvalue weighted by Crippen LogP contribution is -2.41. The van der Waals surface area contributed by atoms with Crippen LogP contribution in [0.5, 0.6) is 0 Å². The van der Waals surface area contributed by atoms with Crippen LogP contribution in [0.1, 0.15) is 22.0 Å². The van der Waals surface area contributed by atoms with Crippen LogP contribution < -0.4 is 11.1 Å². The zero-order chi connectivity index (χ0) is 19.6. The second-order valence-corrected chi connectivity index (χ2v) is 7.71. The summed E-state index contributed by atoms with van der Waals surface area (Å²) in [6.45, 7) is 2.40. The molecule has 1 amide bonds. The largest absolute Gasteiger partial charge is 0.343 e. The second kappa shape index (κ2) is 12.4. The number of amides is 1. The van der Waals surface area contributed by atoms with Gasteiger partial charge in [0.15, 0.2) is 0 Å². The van der Waals surface area contributed by atoms with Crippen molar-refractivity contribution >= 4 is 29.7 Å². The summed E-state index contributed by atoms with van der Waals surface area (Å²) in [7, 11) is 0. The highest BCUT2D eigenvalue weighted by molar-refractivity contribution is 7.10. The van der Waals surface area contributed by atoms with Crippen molar-refractivity contribution in [3.63, 3.8) is 0 Å². The fourth-order valence-corrected chi connectivity index (χ4v) is 4.02. The van der Waals surface area contributed by atoms with Crippen LogP contribution in [0.3, 0.4) is 0 Å². The van der Waals surface area contributed by atoms with Crippen LogP contribution >= 0.6 is 23.7 Å². The molecule has 0 saturated heterocycles. The maximum atomic E-state index is 12.8. The van der Waals surface area contributed by atoms with Crippen LogP contribution in [-0.4, -0.2) is 37.0 Å². The number of hydrogen-bond donors (Lipinski definition) is 2. The highest BCUT2D eigenvalue weighted by Crippen LogP contribution is 2.25. The molecule has 1 aromatic heterocycles. The Morgan fingerprint density at radius 3 is 2.28 bits per heavy atom. The summed E-state index contributed by atoms with van der Waals surface area (Å²) in [4.78, 5) is 16.1. The Morgan fingerprint density at radius 1 is 0.966 bits per heavy atom. The summed E-state index contributed by atoms with van der Waals surface area (Å²) in [5.74, 6) is 0.0174. The van der Waals surface area contributed by atoms with Gasteiger partial charge in [-0.3, -0.25) is 9.69 Å². The average Bonchev–Trinajstić information content (AvgIpc) is 3.26. The molecule has 0 saturated carbocycles. The summed E-state index contributed by atoms with van der Waals surface area (Å²) >= 11 is 1.66. The molecular weight excluding hydrogens is 402 g/mol. The van der Waals surface area contributed by atoms with Crippen molar-refractivity contribution in [1.29, 1.82) is 0 Å². The number of rotatable bonds is 10. The summed E-state index contributed by atoms with van der Waals surface area (Å²) in [5.41, 5.74) is 8.13. The molecular formula is C23H28ClN3OS. The fourth-order valence-electron chi connectivity index (χ4n) is 3.21. The van der Waals surface area contributed by atoms with E-state index in [2.05, 4.69) is 40.5 Å². The van der Waals surface area contributed by atoms with Gasteiger partial charge in [0.2, 0.25) is 5.91 Å². The molecule has 0 spiro atoms. The molecule has 4 nitrogen and oxygen atoms in total. The first-order chi connectivity index (χ1) is 13.8. The van der Waals surface area contributed by atoms with Gasteiger partial charge in [-0.1, -0.05) is 66.7 Å². The second-order valence-electron chi connectivity index (χ2n) is 6.73. The first kappa shape index (κ1) is 23.1. The number of halogens is 1. The molecule has 0 bridgehead atoms. The molecule has 1 heterocycles. The number of benzene rings is 2. The molecule has 0 radical (unpaired) electrons. The lowest BCUT2D eigenvalue weighted by atomic mass is 10.1. The molecule has 3 rings (SSSR count). The topological polar surface area (TPSA) is 58.4 Å². The minimum atomic E-state index is -0.123. The number of nitrogens with zero attached hydrogens (tertiary/aromatic N) is 1.